The maximum Gasteiger partial charge on any atom is 0.345 e. The van der Waals surface area contributed by atoms with Crippen LogP contribution in [-0.2, 0) is 14.3 Å². The van der Waals surface area contributed by atoms with Crippen LogP contribution in [0.2, 0.25) is 0 Å². The van der Waals surface area contributed by atoms with E-state index in [-0.39, 0.29) is 25.4 Å². The van der Waals surface area contributed by atoms with Crippen molar-refractivity contribution in [2.24, 2.45) is 5.92 Å². The molecular formula is C17H20FNO3. The monoisotopic (exact) mass is 305 g/mol. The highest BCUT2D eigenvalue weighted by atomic mass is 19.1. The van der Waals surface area contributed by atoms with E-state index in [0.717, 1.165) is 6.42 Å². The molecule has 1 heterocycles. The van der Waals surface area contributed by atoms with E-state index in [1.807, 2.05) is 18.2 Å². The van der Waals surface area contributed by atoms with Gasteiger partial charge in [0.25, 0.3) is 0 Å². The molecule has 1 aromatic rings. The lowest BCUT2D eigenvalue weighted by Gasteiger charge is -2.19. The Labute approximate surface area is 129 Å². The number of carbonyl (C=O) groups excluding carboxylic acids is 2. The van der Waals surface area contributed by atoms with Crippen molar-refractivity contribution in [1.29, 1.82) is 0 Å². The van der Waals surface area contributed by atoms with E-state index in [0.29, 0.717) is 18.3 Å². The molecule has 0 spiro atoms. The van der Waals surface area contributed by atoms with Gasteiger partial charge in [0.05, 0.1) is 13.7 Å². The van der Waals surface area contributed by atoms with Gasteiger partial charge in [-0.25, -0.2) is 9.18 Å². The molecule has 1 aromatic carbocycles. The fourth-order valence-corrected chi connectivity index (χ4v) is 3.27. The van der Waals surface area contributed by atoms with Crippen molar-refractivity contribution in [2.75, 3.05) is 20.2 Å². The summed E-state index contributed by atoms with van der Waals surface area (Å²) in [6.45, 7) is 0.106. The van der Waals surface area contributed by atoms with E-state index < -0.39 is 11.6 Å². The van der Waals surface area contributed by atoms with E-state index in [1.165, 1.54) is 17.6 Å². The first-order valence-corrected chi connectivity index (χ1v) is 7.63. The van der Waals surface area contributed by atoms with Crippen LogP contribution in [0, 0.1) is 5.92 Å². The Morgan fingerprint density at radius 3 is 2.77 bits per heavy atom. The fraction of sp³-hybridized carbons (Fsp3) is 0.529. The molecule has 1 saturated heterocycles. The molecule has 4 nitrogen and oxygen atoms in total. The number of nitrogens with zero attached hydrogens (tertiary/aromatic N) is 1. The number of ether oxygens (including phenoxy) is 1. The Hall–Kier alpha value is -1.91. The number of esters is 1. The summed E-state index contributed by atoms with van der Waals surface area (Å²) in [5, 5.41) is 0. The molecule has 2 fully saturated rings. The molecule has 22 heavy (non-hydrogen) atoms. The SMILES string of the molecule is COC(=O)[C@]1(F)CCN(C(=O)C[C@@H]2C[C@H]2c2ccccc2)C1. The minimum Gasteiger partial charge on any atom is -0.467 e. The summed E-state index contributed by atoms with van der Waals surface area (Å²) < 4.78 is 18.8. The smallest absolute Gasteiger partial charge is 0.345 e. The van der Waals surface area contributed by atoms with Crippen LogP contribution in [0.1, 0.15) is 30.7 Å². The van der Waals surface area contributed by atoms with Crippen molar-refractivity contribution in [3.8, 4) is 0 Å². The second-order valence-corrected chi connectivity index (χ2v) is 6.24. The minimum atomic E-state index is -2.03. The average Bonchev–Trinajstić information content (AvgIpc) is 3.18. The first-order valence-electron chi connectivity index (χ1n) is 7.63. The van der Waals surface area contributed by atoms with Crippen LogP contribution in [0.4, 0.5) is 4.39 Å². The lowest BCUT2D eigenvalue weighted by Crippen LogP contribution is -2.39. The normalized spacial score (nSPS) is 30.2. The molecular weight excluding hydrogens is 285 g/mol. The second-order valence-electron chi connectivity index (χ2n) is 6.24. The first kappa shape index (κ1) is 15.0. The van der Waals surface area contributed by atoms with Crippen LogP contribution in [0.3, 0.4) is 0 Å². The number of likely N-dealkylation sites (tertiary alicyclic amines) is 1. The van der Waals surface area contributed by atoms with Crippen LogP contribution >= 0.6 is 0 Å². The zero-order valence-corrected chi connectivity index (χ0v) is 12.6. The van der Waals surface area contributed by atoms with Gasteiger partial charge in [0.15, 0.2) is 0 Å². The highest BCUT2D eigenvalue weighted by molar-refractivity contribution is 5.83. The van der Waals surface area contributed by atoms with Crippen molar-refractivity contribution in [3.05, 3.63) is 35.9 Å². The molecule has 1 aliphatic heterocycles. The van der Waals surface area contributed by atoms with E-state index in [9.17, 15) is 14.0 Å². The Morgan fingerprint density at radius 1 is 1.36 bits per heavy atom. The number of carbonyl (C=O) groups is 2. The Balaban J connectivity index is 1.53. The van der Waals surface area contributed by atoms with Crippen molar-refractivity contribution in [3.63, 3.8) is 0 Å². The number of benzene rings is 1. The van der Waals surface area contributed by atoms with Crippen LogP contribution < -0.4 is 0 Å². The van der Waals surface area contributed by atoms with Crippen LogP contribution in [0.25, 0.3) is 0 Å². The van der Waals surface area contributed by atoms with Crippen LogP contribution in [-0.4, -0.2) is 42.6 Å². The van der Waals surface area contributed by atoms with Gasteiger partial charge in [0, 0.05) is 19.4 Å². The van der Waals surface area contributed by atoms with Gasteiger partial charge in [0.2, 0.25) is 11.6 Å². The summed E-state index contributed by atoms with van der Waals surface area (Å²) in [7, 11) is 1.17. The molecule has 1 amide bonds. The number of methoxy groups -OCH3 is 1. The Kier molecular flexibility index (Phi) is 3.89. The predicted octanol–water partition coefficient (Wildman–Crippen LogP) is 2.29. The van der Waals surface area contributed by atoms with Gasteiger partial charge in [-0.1, -0.05) is 30.3 Å². The zero-order chi connectivity index (χ0) is 15.7. The molecule has 2 aliphatic rings. The van der Waals surface area contributed by atoms with E-state index in [4.69, 9.17) is 0 Å². The van der Waals surface area contributed by atoms with Crippen molar-refractivity contribution >= 4 is 11.9 Å². The average molecular weight is 305 g/mol. The summed E-state index contributed by atoms with van der Waals surface area (Å²) in [6, 6.07) is 10.1. The third-order valence-corrected chi connectivity index (χ3v) is 4.71. The number of amides is 1. The van der Waals surface area contributed by atoms with Crippen LogP contribution in [0.15, 0.2) is 30.3 Å². The first-order chi connectivity index (χ1) is 10.5. The maximum atomic E-state index is 14.3. The number of rotatable bonds is 4. The highest BCUT2D eigenvalue weighted by Gasteiger charge is 2.49. The molecule has 0 N–H and O–H groups in total. The van der Waals surface area contributed by atoms with Gasteiger partial charge in [-0.15, -0.1) is 0 Å². The van der Waals surface area contributed by atoms with Gasteiger partial charge in [-0.3, -0.25) is 4.79 Å². The van der Waals surface area contributed by atoms with Gasteiger partial charge in [-0.05, 0) is 23.8 Å². The third-order valence-electron chi connectivity index (χ3n) is 4.71. The van der Waals surface area contributed by atoms with Crippen LogP contribution in [0.5, 0.6) is 0 Å². The number of hydrogen-bond acceptors (Lipinski definition) is 3. The fourth-order valence-electron chi connectivity index (χ4n) is 3.27. The standard InChI is InChI=1S/C17H20FNO3/c1-22-16(21)17(18)7-8-19(11-17)15(20)10-13-9-14(13)12-5-3-2-4-6-12/h2-6,13-14H,7-11H2,1H3/t13-,14-,17-/m0/s1. The summed E-state index contributed by atoms with van der Waals surface area (Å²) in [5.74, 6) is -0.172. The van der Waals surface area contributed by atoms with Crippen molar-refractivity contribution < 1.29 is 18.7 Å². The molecule has 5 heteroatoms. The summed E-state index contributed by atoms with van der Waals surface area (Å²) >= 11 is 0. The molecule has 1 saturated carbocycles. The van der Waals surface area contributed by atoms with E-state index >= 15 is 0 Å². The Bertz CT molecular complexity index is 577. The van der Waals surface area contributed by atoms with E-state index in [1.54, 1.807) is 0 Å². The summed E-state index contributed by atoms with van der Waals surface area (Å²) in [5.41, 5.74) is -0.775. The lowest BCUT2D eigenvalue weighted by atomic mass is 10.1. The van der Waals surface area contributed by atoms with Gasteiger partial charge in [-0.2, -0.15) is 0 Å². The molecule has 0 bridgehead atoms. The van der Waals surface area contributed by atoms with E-state index in [2.05, 4.69) is 16.9 Å². The van der Waals surface area contributed by atoms with Gasteiger partial charge < -0.3 is 9.64 Å². The summed E-state index contributed by atoms with van der Waals surface area (Å²) in [4.78, 5) is 25.2. The topological polar surface area (TPSA) is 46.6 Å². The highest BCUT2D eigenvalue weighted by Crippen LogP contribution is 2.49. The zero-order valence-electron chi connectivity index (χ0n) is 12.6. The second kappa shape index (κ2) is 5.71. The van der Waals surface area contributed by atoms with Gasteiger partial charge >= 0.3 is 5.97 Å². The molecule has 0 radical (unpaired) electrons. The van der Waals surface area contributed by atoms with Crippen molar-refractivity contribution in [1.82, 2.24) is 4.90 Å². The predicted molar refractivity (Wildman–Crippen MR) is 79.0 cm³/mol. The largest absolute Gasteiger partial charge is 0.467 e. The number of halogens is 1. The molecule has 1 aliphatic carbocycles. The molecule has 3 rings (SSSR count). The maximum absolute atomic E-state index is 14.3. The van der Waals surface area contributed by atoms with Gasteiger partial charge in [0.1, 0.15) is 0 Å². The lowest BCUT2D eigenvalue weighted by molar-refractivity contribution is -0.154. The molecule has 0 unspecified atom stereocenters. The Morgan fingerprint density at radius 2 is 2.09 bits per heavy atom. The summed E-state index contributed by atoms with van der Waals surface area (Å²) in [6.07, 6.45) is 1.45. The number of hydrogen-bond donors (Lipinski definition) is 0. The van der Waals surface area contributed by atoms with Crippen molar-refractivity contribution in [2.45, 2.75) is 30.8 Å². The quantitative estimate of drug-likeness (QED) is 0.802. The minimum absolute atomic E-state index is 0.0260. The molecule has 0 aromatic heterocycles. The number of alkyl halides is 1. The molecule has 118 valence electrons. The third kappa shape index (κ3) is 2.85. The molecule has 3 atom stereocenters.